The van der Waals surface area contributed by atoms with Crippen molar-refractivity contribution in [2.75, 3.05) is 32.6 Å². The fraction of sp³-hybridized carbons (Fsp3) is 0.348. The molecule has 0 radical (unpaired) electrons. The molecule has 4 rings (SSSR count). The van der Waals surface area contributed by atoms with E-state index in [1.54, 1.807) is 21.6 Å². The van der Waals surface area contributed by atoms with Gasteiger partial charge in [-0.15, -0.1) is 0 Å². The van der Waals surface area contributed by atoms with E-state index in [4.69, 9.17) is 4.74 Å². The number of pyridine rings is 1. The number of piperidine rings is 1. The first kappa shape index (κ1) is 22.5. The largest absolute Gasteiger partial charge is 0.465 e. The molecule has 1 atom stereocenters. The van der Waals surface area contributed by atoms with Crippen LogP contribution in [0.3, 0.4) is 0 Å². The van der Waals surface area contributed by atoms with Crippen molar-refractivity contribution in [3.8, 4) is 11.3 Å². The number of likely N-dealkylation sites (tertiary alicyclic amines) is 1. The first-order valence-electron chi connectivity index (χ1n) is 10.5. The highest BCUT2D eigenvalue weighted by Gasteiger charge is 2.28. The van der Waals surface area contributed by atoms with Crippen LogP contribution >= 0.6 is 0 Å². The molecule has 0 aliphatic carbocycles. The summed E-state index contributed by atoms with van der Waals surface area (Å²) in [6.07, 6.45) is 2.83. The number of methoxy groups -OCH3 is 2. The maximum absolute atomic E-state index is 15.1. The lowest BCUT2D eigenvalue weighted by Crippen LogP contribution is -2.45. The molecule has 1 saturated heterocycles. The number of esters is 1. The van der Waals surface area contributed by atoms with Gasteiger partial charge >= 0.3 is 12.1 Å². The van der Waals surface area contributed by atoms with Crippen molar-refractivity contribution in [3.63, 3.8) is 0 Å². The normalized spacial score (nSPS) is 16.0. The number of amides is 1. The molecule has 3 aromatic rings. The van der Waals surface area contributed by atoms with Gasteiger partial charge in [0.2, 0.25) is 0 Å². The molecule has 0 bridgehead atoms. The van der Waals surface area contributed by atoms with E-state index in [1.165, 1.54) is 7.11 Å². The number of anilines is 1. The molecule has 0 unspecified atom stereocenters. The molecule has 174 valence electrons. The Morgan fingerprint density at radius 2 is 1.88 bits per heavy atom. The Hall–Kier alpha value is -3.69. The third-order valence-corrected chi connectivity index (χ3v) is 5.68. The highest BCUT2D eigenvalue weighted by Crippen LogP contribution is 2.34. The maximum atomic E-state index is 15.1. The van der Waals surface area contributed by atoms with Crippen LogP contribution in [0.4, 0.5) is 19.4 Å². The molecule has 1 amide bonds. The minimum Gasteiger partial charge on any atom is -0.465 e. The molecule has 33 heavy (non-hydrogen) atoms. The summed E-state index contributed by atoms with van der Waals surface area (Å²) in [5.41, 5.74) is 0.923. The van der Waals surface area contributed by atoms with Gasteiger partial charge < -0.3 is 19.7 Å². The number of hydrogen-bond donors (Lipinski definition) is 1. The smallest absolute Gasteiger partial charge is 0.409 e. The van der Waals surface area contributed by atoms with Gasteiger partial charge in [-0.05, 0) is 49.6 Å². The molecule has 1 N–H and O–H groups in total. The number of rotatable bonds is 4. The number of benzene rings is 1. The topological polar surface area (TPSA) is 85.2 Å². The first-order valence-corrected chi connectivity index (χ1v) is 10.5. The number of halogens is 2. The Labute approximate surface area is 189 Å². The minimum atomic E-state index is -0.932. The van der Waals surface area contributed by atoms with Crippen LogP contribution in [0.5, 0.6) is 0 Å². The molecule has 1 fully saturated rings. The number of nitrogens with one attached hydrogen (secondary N) is 1. The van der Waals surface area contributed by atoms with Crippen LogP contribution in [-0.4, -0.2) is 59.7 Å². The Kier molecular flexibility index (Phi) is 6.17. The summed E-state index contributed by atoms with van der Waals surface area (Å²) in [4.78, 5) is 29.8. The fourth-order valence-electron chi connectivity index (χ4n) is 4.08. The number of aryl methyl sites for hydroxylation is 1. The van der Waals surface area contributed by atoms with Gasteiger partial charge in [-0.2, -0.15) is 0 Å². The average Bonchev–Trinajstić information content (AvgIpc) is 3.14. The first-order chi connectivity index (χ1) is 15.8. The third-order valence-electron chi connectivity index (χ3n) is 5.68. The van der Waals surface area contributed by atoms with Crippen LogP contribution in [0.2, 0.25) is 0 Å². The fourth-order valence-corrected chi connectivity index (χ4v) is 4.08. The summed E-state index contributed by atoms with van der Waals surface area (Å²) in [7, 11) is 2.47. The van der Waals surface area contributed by atoms with Crippen molar-refractivity contribution in [2.24, 2.45) is 0 Å². The quantitative estimate of drug-likeness (QED) is 0.595. The van der Waals surface area contributed by atoms with Crippen LogP contribution in [-0.2, 0) is 9.47 Å². The van der Waals surface area contributed by atoms with E-state index in [9.17, 15) is 9.59 Å². The molecule has 10 heteroatoms. The summed E-state index contributed by atoms with van der Waals surface area (Å²) in [5, 5.41) is 3.33. The van der Waals surface area contributed by atoms with E-state index in [0.29, 0.717) is 24.6 Å². The van der Waals surface area contributed by atoms with Crippen molar-refractivity contribution >= 4 is 23.5 Å². The average molecular weight is 458 g/mol. The predicted octanol–water partition coefficient (Wildman–Crippen LogP) is 4.02. The van der Waals surface area contributed by atoms with Crippen LogP contribution in [0, 0.1) is 18.6 Å². The zero-order valence-electron chi connectivity index (χ0n) is 18.5. The summed E-state index contributed by atoms with van der Waals surface area (Å²) in [5.74, 6) is -2.31. The SMILES string of the molecule is COC(=O)c1cc(F)c(-c2nc3cc(C)ccn3c2N[C@@H]2CCCN(C(=O)OC)C2)c(F)c1. The highest BCUT2D eigenvalue weighted by molar-refractivity contribution is 5.90. The van der Waals surface area contributed by atoms with Crippen molar-refractivity contribution in [2.45, 2.75) is 25.8 Å². The van der Waals surface area contributed by atoms with E-state index in [0.717, 1.165) is 37.6 Å². The number of nitrogens with zero attached hydrogens (tertiary/aromatic N) is 3. The van der Waals surface area contributed by atoms with Crippen LogP contribution in [0.1, 0.15) is 28.8 Å². The second-order valence-electron chi connectivity index (χ2n) is 7.95. The standard InChI is InChI=1S/C23H24F2N4O4/c1-13-6-8-29-18(9-13)27-20(19-16(24)10-14(11-17(19)25)22(30)32-2)21(29)26-15-5-4-7-28(12-15)23(31)33-3/h6,8-11,15,26H,4-5,7,12H2,1-3H3/t15-/m1/s1. The van der Waals surface area contributed by atoms with Gasteiger partial charge in [0, 0.05) is 25.3 Å². The Morgan fingerprint density at radius 3 is 2.55 bits per heavy atom. The lowest BCUT2D eigenvalue weighted by atomic mass is 10.0. The predicted molar refractivity (Wildman–Crippen MR) is 117 cm³/mol. The summed E-state index contributed by atoms with van der Waals surface area (Å²) in [6, 6.07) is 5.34. The van der Waals surface area contributed by atoms with Crippen LogP contribution in [0.15, 0.2) is 30.5 Å². The second-order valence-corrected chi connectivity index (χ2v) is 7.95. The molecular formula is C23H24F2N4O4. The zero-order valence-corrected chi connectivity index (χ0v) is 18.5. The molecule has 1 aromatic carbocycles. The highest BCUT2D eigenvalue weighted by atomic mass is 19.1. The number of fused-ring (bicyclic) bond motifs is 1. The molecule has 8 nitrogen and oxygen atoms in total. The van der Waals surface area contributed by atoms with Gasteiger partial charge in [0.15, 0.2) is 0 Å². The molecule has 3 heterocycles. The Morgan fingerprint density at radius 1 is 1.15 bits per heavy atom. The van der Waals surface area contributed by atoms with E-state index < -0.39 is 23.7 Å². The van der Waals surface area contributed by atoms with Crippen LogP contribution in [0.25, 0.3) is 16.9 Å². The molecule has 0 spiro atoms. The second kappa shape index (κ2) is 9.05. The van der Waals surface area contributed by atoms with Gasteiger partial charge in [-0.3, -0.25) is 4.40 Å². The van der Waals surface area contributed by atoms with Crippen LogP contribution < -0.4 is 5.32 Å². The number of ether oxygens (including phenoxy) is 2. The third kappa shape index (κ3) is 4.33. The van der Waals surface area contributed by atoms with Gasteiger partial charge in [0.05, 0.1) is 25.3 Å². The van der Waals surface area contributed by atoms with E-state index in [-0.39, 0.29) is 22.9 Å². The number of carbonyl (C=O) groups is 2. The van der Waals surface area contributed by atoms with Gasteiger partial charge in [-0.1, -0.05) is 0 Å². The summed E-state index contributed by atoms with van der Waals surface area (Å²) in [6.45, 7) is 2.84. The molecular weight excluding hydrogens is 434 g/mol. The summed E-state index contributed by atoms with van der Waals surface area (Å²) >= 11 is 0. The number of imidazole rings is 1. The van der Waals surface area contributed by atoms with E-state index in [1.807, 2.05) is 13.0 Å². The Balaban J connectivity index is 1.79. The van der Waals surface area contributed by atoms with Crippen molar-refractivity contribution in [1.29, 1.82) is 0 Å². The number of aromatic nitrogens is 2. The molecule has 1 aliphatic rings. The van der Waals surface area contributed by atoms with Gasteiger partial charge in [0.25, 0.3) is 0 Å². The van der Waals surface area contributed by atoms with E-state index in [2.05, 4.69) is 15.0 Å². The zero-order chi connectivity index (χ0) is 23.7. The monoisotopic (exact) mass is 458 g/mol. The van der Waals surface area contributed by atoms with Gasteiger partial charge in [-0.25, -0.2) is 23.4 Å². The van der Waals surface area contributed by atoms with Crippen molar-refractivity contribution in [3.05, 3.63) is 53.2 Å². The maximum Gasteiger partial charge on any atom is 0.409 e. The lowest BCUT2D eigenvalue weighted by Gasteiger charge is -2.32. The number of hydrogen-bond acceptors (Lipinski definition) is 6. The Bertz CT molecular complexity index is 1200. The van der Waals surface area contributed by atoms with Crippen molar-refractivity contribution in [1.82, 2.24) is 14.3 Å². The number of carbonyl (C=O) groups excluding carboxylic acids is 2. The van der Waals surface area contributed by atoms with Crippen molar-refractivity contribution < 1.29 is 27.8 Å². The van der Waals surface area contributed by atoms with E-state index >= 15 is 8.78 Å². The molecule has 1 aliphatic heterocycles. The minimum absolute atomic E-state index is 0.0715. The summed E-state index contributed by atoms with van der Waals surface area (Å²) < 4.78 is 41.3. The molecule has 2 aromatic heterocycles. The molecule has 0 saturated carbocycles. The van der Waals surface area contributed by atoms with Gasteiger partial charge in [0.1, 0.15) is 28.8 Å². The lowest BCUT2D eigenvalue weighted by molar-refractivity contribution is 0.0599.